The highest BCUT2D eigenvalue weighted by molar-refractivity contribution is 7.47. The molecule has 13 heteroatoms. The van der Waals surface area contributed by atoms with Crippen molar-refractivity contribution in [1.82, 2.24) is 0 Å². The van der Waals surface area contributed by atoms with Crippen molar-refractivity contribution in [3.8, 4) is 0 Å². The molecular weight excluding hydrogens is 848 g/mol. The standard InChI is InChI=1S/C52H99O12P/c1-3-5-7-9-11-13-15-17-19-21-22-23-24-26-28-30-32-34-36-38-40-42-61-43-45(44-62-65(59,60)64-52-50(57)48(55)47(54)49(56)51(52)58)63-46(53)41-39-37-35-33-31-29-27-25-20-18-16-14-12-10-8-6-4-2/h12,14,18,20,45,47-52,54-58H,3-11,13,15-17,19,21-44H2,1-2H3,(H,59,60)/b14-12-,20-18-. The normalized spacial score (nSPS) is 21.7. The Morgan fingerprint density at radius 2 is 0.862 bits per heavy atom. The fraction of sp³-hybridized carbons (Fsp3) is 0.904. The van der Waals surface area contributed by atoms with Gasteiger partial charge in [0.2, 0.25) is 0 Å². The molecule has 65 heavy (non-hydrogen) atoms. The Kier molecular flexibility index (Phi) is 40.8. The number of phosphoric acid groups is 1. The molecule has 0 spiro atoms. The minimum absolute atomic E-state index is 0.0752. The van der Waals surface area contributed by atoms with Crippen LogP contribution >= 0.6 is 7.82 Å². The molecule has 384 valence electrons. The highest BCUT2D eigenvalue weighted by atomic mass is 31.2. The Morgan fingerprint density at radius 1 is 0.492 bits per heavy atom. The predicted octanol–water partition coefficient (Wildman–Crippen LogP) is 12.0. The first kappa shape index (κ1) is 61.8. The van der Waals surface area contributed by atoms with Gasteiger partial charge in [-0.3, -0.25) is 13.8 Å². The van der Waals surface area contributed by atoms with Gasteiger partial charge in [0.15, 0.2) is 0 Å². The van der Waals surface area contributed by atoms with E-state index in [4.69, 9.17) is 18.5 Å². The van der Waals surface area contributed by atoms with E-state index in [2.05, 4.69) is 38.2 Å². The molecule has 6 atom stereocenters. The third kappa shape index (κ3) is 34.7. The van der Waals surface area contributed by atoms with Crippen LogP contribution in [0.2, 0.25) is 0 Å². The average molecular weight is 947 g/mol. The number of rotatable bonds is 46. The number of aliphatic hydroxyl groups is 5. The molecule has 0 aliphatic heterocycles. The van der Waals surface area contributed by atoms with Gasteiger partial charge in [0.05, 0.1) is 13.2 Å². The van der Waals surface area contributed by atoms with Crippen LogP contribution in [0.4, 0.5) is 0 Å². The van der Waals surface area contributed by atoms with Gasteiger partial charge in [0, 0.05) is 13.0 Å². The molecule has 0 aromatic carbocycles. The number of unbranched alkanes of at least 4 members (excludes halogenated alkanes) is 30. The number of hydrogen-bond donors (Lipinski definition) is 6. The first-order valence-electron chi connectivity index (χ1n) is 26.7. The van der Waals surface area contributed by atoms with E-state index in [0.29, 0.717) is 13.0 Å². The topological polar surface area (TPSA) is 192 Å². The van der Waals surface area contributed by atoms with E-state index in [9.17, 15) is 39.8 Å². The SMILES string of the molecule is CCCCC/C=C\C/C=C\CCCCCCCCCC(=O)OC(COCCCCCCCCCCCCCCCCCCCCCCC)COP(=O)(O)OC1C(O)C(O)C(O)C(O)C1O. The lowest BCUT2D eigenvalue weighted by Crippen LogP contribution is -2.64. The third-order valence-corrected chi connectivity index (χ3v) is 13.6. The maximum atomic E-state index is 12.9. The summed E-state index contributed by atoms with van der Waals surface area (Å²) in [6.07, 6.45) is 38.1. The summed E-state index contributed by atoms with van der Waals surface area (Å²) >= 11 is 0. The fourth-order valence-electron chi connectivity index (χ4n) is 8.33. The van der Waals surface area contributed by atoms with Crippen molar-refractivity contribution in [1.29, 1.82) is 0 Å². The Balaban J connectivity index is 2.31. The molecule has 6 N–H and O–H groups in total. The zero-order valence-electron chi connectivity index (χ0n) is 41.3. The van der Waals surface area contributed by atoms with Crippen LogP contribution < -0.4 is 0 Å². The Labute approximate surface area is 396 Å². The number of carbonyl (C=O) groups is 1. The monoisotopic (exact) mass is 947 g/mol. The minimum atomic E-state index is -5.02. The van der Waals surface area contributed by atoms with Crippen molar-refractivity contribution in [2.24, 2.45) is 0 Å². The summed E-state index contributed by atoms with van der Waals surface area (Å²) in [6, 6.07) is 0. The van der Waals surface area contributed by atoms with Gasteiger partial charge in [-0.25, -0.2) is 4.57 Å². The molecule has 0 saturated heterocycles. The van der Waals surface area contributed by atoms with E-state index in [-0.39, 0.29) is 13.0 Å². The van der Waals surface area contributed by atoms with Crippen LogP contribution in [0.15, 0.2) is 24.3 Å². The summed E-state index contributed by atoms with van der Waals surface area (Å²) in [7, 11) is -5.02. The van der Waals surface area contributed by atoms with Gasteiger partial charge in [-0.05, 0) is 44.9 Å². The number of esters is 1. The maximum absolute atomic E-state index is 12.9. The Bertz CT molecular complexity index is 1170. The lowest BCUT2D eigenvalue weighted by Gasteiger charge is -2.41. The van der Waals surface area contributed by atoms with Gasteiger partial charge >= 0.3 is 13.8 Å². The van der Waals surface area contributed by atoms with E-state index in [1.54, 1.807) is 0 Å². The van der Waals surface area contributed by atoms with E-state index < -0.39 is 63.1 Å². The third-order valence-electron chi connectivity index (χ3n) is 12.6. The van der Waals surface area contributed by atoms with Crippen LogP contribution in [0.3, 0.4) is 0 Å². The Morgan fingerprint density at radius 3 is 1.32 bits per heavy atom. The number of hydrogen-bond acceptors (Lipinski definition) is 11. The number of allylic oxidation sites excluding steroid dienone is 4. The van der Waals surface area contributed by atoms with E-state index in [1.807, 2.05) is 0 Å². The highest BCUT2D eigenvalue weighted by Gasteiger charge is 2.51. The number of ether oxygens (including phenoxy) is 2. The molecule has 0 radical (unpaired) electrons. The van der Waals surface area contributed by atoms with E-state index in [0.717, 1.165) is 57.8 Å². The highest BCUT2D eigenvalue weighted by Crippen LogP contribution is 2.47. The van der Waals surface area contributed by atoms with Gasteiger partial charge in [-0.1, -0.05) is 212 Å². The second-order valence-electron chi connectivity index (χ2n) is 18.7. The minimum Gasteiger partial charge on any atom is -0.457 e. The predicted molar refractivity (Wildman–Crippen MR) is 263 cm³/mol. The summed E-state index contributed by atoms with van der Waals surface area (Å²) in [5.74, 6) is -0.481. The van der Waals surface area contributed by atoms with Gasteiger partial charge in [0.1, 0.15) is 42.7 Å². The summed E-state index contributed by atoms with van der Waals surface area (Å²) < 4.78 is 34.3. The second kappa shape index (κ2) is 42.9. The number of phosphoric ester groups is 1. The van der Waals surface area contributed by atoms with Crippen LogP contribution in [-0.2, 0) is 27.9 Å². The quantitative estimate of drug-likeness (QED) is 0.0147. The van der Waals surface area contributed by atoms with Crippen molar-refractivity contribution in [2.75, 3.05) is 19.8 Å². The molecule has 1 aliphatic carbocycles. The van der Waals surface area contributed by atoms with Crippen molar-refractivity contribution in [3.63, 3.8) is 0 Å². The largest absolute Gasteiger partial charge is 0.472 e. The second-order valence-corrected chi connectivity index (χ2v) is 20.1. The zero-order valence-corrected chi connectivity index (χ0v) is 42.2. The van der Waals surface area contributed by atoms with Crippen LogP contribution in [-0.4, -0.2) is 98.9 Å². The molecule has 12 nitrogen and oxygen atoms in total. The van der Waals surface area contributed by atoms with Gasteiger partial charge in [-0.15, -0.1) is 0 Å². The molecule has 6 unspecified atom stereocenters. The maximum Gasteiger partial charge on any atom is 0.472 e. The first-order valence-corrected chi connectivity index (χ1v) is 28.2. The van der Waals surface area contributed by atoms with Crippen molar-refractivity contribution in [2.45, 2.75) is 281 Å². The van der Waals surface area contributed by atoms with Gasteiger partial charge in [0.25, 0.3) is 0 Å². The van der Waals surface area contributed by atoms with Crippen molar-refractivity contribution < 1.29 is 58.3 Å². The van der Waals surface area contributed by atoms with Gasteiger partial charge < -0.3 is 39.9 Å². The van der Waals surface area contributed by atoms with Crippen molar-refractivity contribution in [3.05, 3.63) is 24.3 Å². The summed E-state index contributed by atoms with van der Waals surface area (Å²) in [6.45, 7) is 4.27. The lowest BCUT2D eigenvalue weighted by molar-refractivity contribution is -0.220. The van der Waals surface area contributed by atoms with Gasteiger partial charge in [-0.2, -0.15) is 0 Å². The molecule has 0 aromatic rings. The average Bonchev–Trinajstić information content (AvgIpc) is 3.29. The molecule has 1 rings (SSSR count). The van der Waals surface area contributed by atoms with Crippen LogP contribution in [0.1, 0.15) is 239 Å². The smallest absolute Gasteiger partial charge is 0.457 e. The van der Waals surface area contributed by atoms with Crippen LogP contribution in [0, 0.1) is 0 Å². The molecule has 1 fully saturated rings. The number of carbonyl (C=O) groups excluding carboxylic acids is 1. The fourth-order valence-corrected chi connectivity index (χ4v) is 9.30. The summed E-state index contributed by atoms with van der Waals surface area (Å²) in [5, 5.41) is 50.3. The molecule has 0 amide bonds. The molecule has 0 heterocycles. The Hall–Kier alpha value is -1.18. The summed E-state index contributed by atoms with van der Waals surface area (Å²) in [4.78, 5) is 23.2. The first-order chi connectivity index (χ1) is 31.5. The molecule has 0 aromatic heterocycles. The van der Waals surface area contributed by atoms with Crippen LogP contribution in [0.25, 0.3) is 0 Å². The molecule has 1 saturated carbocycles. The van der Waals surface area contributed by atoms with E-state index >= 15 is 0 Å². The molecule has 0 bridgehead atoms. The van der Waals surface area contributed by atoms with Crippen molar-refractivity contribution >= 4 is 13.8 Å². The van der Waals surface area contributed by atoms with Crippen LogP contribution in [0.5, 0.6) is 0 Å². The lowest BCUT2D eigenvalue weighted by atomic mass is 9.85. The summed E-state index contributed by atoms with van der Waals surface area (Å²) in [5.41, 5.74) is 0. The van der Waals surface area contributed by atoms with E-state index in [1.165, 1.54) is 154 Å². The zero-order chi connectivity index (χ0) is 47.6. The number of aliphatic hydroxyl groups excluding tert-OH is 5. The molecular formula is C52H99O12P. The molecule has 1 aliphatic rings.